The molecule has 0 bridgehead atoms. The van der Waals surface area contributed by atoms with Crippen molar-refractivity contribution in [2.45, 2.75) is 64.0 Å². The normalized spacial score (nSPS) is 23.7. The van der Waals surface area contributed by atoms with Gasteiger partial charge in [-0.05, 0) is 30.1 Å². The molecule has 0 radical (unpaired) electrons. The van der Waals surface area contributed by atoms with Gasteiger partial charge < -0.3 is 9.22 Å². The fourth-order valence-corrected chi connectivity index (χ4v) is 4.07. The molecule has 0 spiro atoms. The molecule has 1 aliphatic rings. The highest BCUT2D eigenvalue weighted by Crippen LogP contribution is 2.38. The Hall–Kier alpha value is -0.973. The number of carbonyl (C=O) groups is 1. The molecule has 1 aromatic rings. The van der Waals surface area contributed by atoms with Gasteiger partial charge >= 0.3 is 0 Å². The van der Waals surface area contributed by atoms with Crippen molar-refractivity contribution in [3.05, 3.63) is 35.9 Å². The molecule has 1 saturated heterocycles. The average Bonchev–Trinajstić information content (AvgIpc) is 2.79. The number of carbonyl (C=O) groups excluding carboxylic acids is 1. The van der Waals surface area contributed by atoms with Crippen molar-refractivity contribution >= 4 is 14.6 Å². The van der Waals surface area contributed by atoms with Gasteiger partial charge in [0.25, 0.3) is 0 Å². The zero-order valence-corrected chi connectivity index (χ0v) is 15.5. The fraction of sp³-hybridized carbons (Fsp3) is 0.611. The van der Waals surface area contributed by atoms with Crippen LogP contribution in [0.1, 0.15) is 32.8 Å². The maximum Gasteiger partial charge on any atom is 0.192 e. The second kappa shape index (κ2) is 6.65. The molecule has 2 unspecified atom stereocenters. The fourth-order valence-electron chi connectivity index (χ4n) is 2.71. The molecule has 122 valence electrons. The van der Waals surface area contributed by atoms with Crippen LogP contribution in [0.3, 0.4) is 0 Å². The molecule has 0 saturated carbocycles. The van der Waals surface area contributed by atoms with Crippen molar-refractivity contribution in [3.8, 4) is 0 Å². The Morgan fingerprint density at radius 3 is 2.45 bits per heavy atom. The summed E-state index contributed by atoms with van der Waals surface area (Å²) >= 11 is 0. The van der Waals surface area contributed by atoms with Crippen molar-refractivity contribution in [1.82, 2.24) is 4.90 Å². The average molecular weight is 320 g/mol. The molecule has 0 amide bonds. The van der Waals surface area contributed by atoms with Gasteiger partial charge in [-0.2, -0.15) is 0 Å². The van der Waals surface area contributed by atoms with Gasteiger partial charge in [0.05, 0.1) is 12.1 Å². The molecular formula is C18H29NO2Si. The summed E-state index contributed by atoms with van der Waals surface area (Å²) in [5.74, 6) is 0. The number of likely N-dealkylation sites (tertiary alicyclic amines) is 1. The summed E-state index contributed by atoms with van der Waals surface area (Å²) in [5.41, 5.74) is 1.25. The molecular weight excluding hydrogens is 290 g/mol. The third-order valence-corrected chi connectivity index (χ3v) is 9.60. The lowest BCUT2D eigenvalue weighted by molar-refractivity contribution is -0.111. The van der Waals surface area contributed by atoms with E-state index in [1.165, 1.54) is 5.56 Å². The zero-order chi connectivity index (χ0) is 16.4. The smallest absolute Gasteiger partial charge is 0.192 e. The van der Waals surface area contributed by atoms with Crippen LogP contribution in [0.15, 0.2) is 30.3 Å². The maximum absolute atomic E-state index is 11.4. The monoisotopic (exact) mass is 319 g/mol. The molecule has 2 rings (SSSR count). The summed E-state index contributed by atoms with van der Waals surface area (Å²) in [6, 6.07) is 10.3. The first-order valence-corrected chi connectivity index (χ1v) is 11.0. The topological polar surface area (TPSA) is 29.5 Å². The quantitative estimate of drug-likeness (QED) is 0.610. The van der Waals surface area contributed by atoms with E-state index >= 15 is 0 Å². The maximum atomic E-state index is 11.4. The molecule has 1 aliphatic heterocycles. The summed E-state index contributed by atoms with van der Waals surface area (Å²) in [6.07, 6.45) is 2.08. The van der Waals surface area contributed by atoms with E-state index in [0.717, 1.165) is 25.8 Å². The predicted octanol–water partition coefficient (Wildman–Crippen LogP) is 3.85. The Balaban J connectivity index is 2.02. The van der Waals surface area contributed by atoms with Gasteiger partial charge in [-0.1, -0.05) is 51.1 Å². The Morgan fingerprint density at radius 1 is 1.27 bits per heavy atom. The SMILES string of the molecule is CC(C)(C)[Si](C)(C)OC1CC(C=O)N(Cc2ccccc2)C1. The molecule has 3 nitrogen and oxygen atoms in total. The summed E-state index contributed by atoms with van der Waals surface area (Å²) in [6.45, 7) is 13.0. The molecule has 22 heavy (non-hydrogen) atoms. The summed E-state index contributed by atoms with van der Waals surface area (Å²) in [5, 5.41) is 0.205. The van der Waals surface area contributed by atoms with Gasteiger partial charge in [0.15, 0.2) is 8.32 Å². The highest BCUT2D eigenvalue weighted by Gasteiger charge is 2.42. The van der Waals surface area contributed by atoms with Crippen LogP contribution < -0.4 is 0 Å². The van der Waals surface area contributed by atoms with E-state index in [0.29, 0.717) is 0 Å². The van der Waals surface area contributed by atoms with E-state index in [-0.39, 0.29) is 17.2 Å². The first-order valence-electron chi connectivity index (χ1n) is 8.14. The predicted molar refractivity (Wildman–Crippen MR) is 93.4 cm³/mol. The Morgan fingerprint density at radius 2 is 1.91 bits per heavy atom. The number of aldehydes is 1. The van der Waals surface area contributed by atoms with Crippen LogP contribution in [0.5, 0.6) is 0 Å². The molecule has 1 heterocycles. The van der Waals surface area contributed by atoms with E-state index in [2.05, 4.69) is 50.9 Å². The van der Waals surface area contributed by atoms with Crippen LogP contribution in [0, 0.1) is 0 Å². The third kappa shape index (κ3) is 4.06. The van der Waals surface area contributed by atoms with Crippen LogP contribution in [0.25, 0.3) is 0 Å². The van der Waals surface area contributed by atoms with Crippen LogP contribution in [-0.4, -0.2) is 38.2 Å². The van der Waals surface area contributed by atoms with Crippen molar-refractivity contribution in [2.75, 3.05) is 6.54 Å². The molecule has 4 heteroatoms. The number of benzene rings is 1. The van der Waals surface area contributed by atoms with Crippen molar-refractivity contribution in [1.29, 1.82) is 0 Å². The van der Waals surface area contributed by atoms with E-state index in [1.54, 1.807) is 0 Å². The first kappa shape index (κ1) is 17.4. The van der Waals surface area contributed by atoms with Gasteiger partial charge in [0.1, 0.15) is 6.29 Å². The Bertz CT molecular complexity index is 496. The van der Waals surface area contributed by atoms with Crippen molar-refractivity contribution in [2.24, 2.45) is 0 Å². The molecule has 0 N–H and O–H groups in total. The highest BCUT2D eigenvalue weighted by atomic mass is 28.4. The summed E-state index contributed by atoms with van der Waals surface area (Å²) in [7, 11) is -1.78. The minimum Gasteiger partial charge on any atom is -0.413 e. The first-order chi connectivity index (χ1) is 10.2. The molecule has 0 aliphatic carbocycles. The lowest BCUT2D eigenvalue weighted by atomic mass is 10.2. The van der Waals surface area contributed by atoms with Crippen LogP contribution in [0.2, 0.25) is 18.1 Å². The van der Waals surface area contributed by atoms with Crippen LogP contribution in [0.4, 0.5) is 0 Å². The van der Waals surface area contributed by atoms with E-state index in [9.17, 15) is 4.79 Å². The third-order valence-electron chi connectivity index (χ3n) is 5.06. The number of hydrogen-bond donors (Lipinski definition) is 0. The molecule has 2 atom stereocenters. The van der Waals surface area contributed by atoms with Crippen molar-refractivity contribution < 1.29 is 9.22 Å². The van der Waals surface area contributed by atoms with Gasteiger partial charge in [-0.15, -0.1) is 0 Å². The minimum atomic E-state index is -1.78. The summed E-state index contributed by atoms with van der Waals surface area (Å²) < 4.78 is 6.50. The van der Waals surface area contributed by atoms with Gasteiger partial charge in [-0.3, -0.25) is 4.90 Å². The minimum absolute atomic E-state index is 0.0185. The molecule has 1 aromatic carbocycles. The second-order valence-corrected chi connectivity index (χ2v) is 12.6. The Labute approximate surface area is 135 Å². The van der Waals surface area contributed by atoms with Gasteiger partial charge in [0.2, 0.25) is 0 Å². The van der Waals surface area contributed by atoms with Gasteiger partial charge in [0, 0.05) is 13.1 Å². The number of hydrogen-bond acceptors (Lipinski definition) is 3. The van der Waals surface area contributed by atoms with E-state index in [4.69, 9.17) is 4.43 Å². The second-order valence-electron chi connectivity index (χ2n) is 7.85. The van der Waals surface area contributed by atoms with Gasteiger partial charge in [-0.25, -0.2) is 0 Å². The standard InChI is InChI=1S/C18H29NO2Si/c1-18(2,3)22(4,5)21-17-11-16(14-20)19(13-17)12-15-9-7-6-8-10-15/h6-10,14,16-17H,11-13H2,1-5H3. The van der Waals surface area contributed by atoms with E-state index < -0.39 is 8.32 Å². The number of nitrogens with zero attached hydrogens (tertiary/aromatic N) is 1. The Kier molecular flexibility index (Phi) is 5.25. The molecule has 0 aromatic heterocycles. The largest absolute Gasteiger partial charge is 0.413 e. The van der Waals surface area contributed by atoms with Crippen LogP contribution in [-0.2, 0) is 15.8 Å². The van der Waals surface area contributed by atoms with E-state index in [1.807, 2.05) is 18.2 Å². The highest BCUT2D eigenvalue weighted by molar-refractivity contribution is 6.74. The number of rotatable bonds is 5. The molecule has 1 fully saturated rings. The van der Waals surface area contributed by atoms with Crippen LogP contribution >= 0.6 is 0 Å². The lowest BCUT2D eigenvalue weighted by Gasteiger charge is -2.38. The zero-order valence-electron chi connectivity index (χ0n) is 14.5. The van der Waals surface area contributed by atoms with Crippen molar-refractivity contribution in [3.63, 3.8) is 0 Å². The summed E-state index contributed by atoms with van der Waals surface area (Å²) in [4.78, 5) is 13.7. The lowest BCUT2D eigenvalue weighted by Crippen LogP contribution is -2.44.